The Morgan fingerprint density at radius 3 is 2.69 bits per heavy atom. The van der Waals surface area contributed by atoms with Gasteiger partial charge in [0.25, 0.3) is 0 Å². The molecule has 0 saturated carbocycles. The van der Waals surface area contributed by atoms with Gasteiger partial charge in [-0.3, -0.25) is 4.90 Å². The third kappa shape index (κ3) is 3.80. The van der Waals surface area contributed by atoms with Crippen molar-refractivity contribution < 1.29 is 19.4 Å². The molecule has 0 radical (unpaired) electrons. The topological polar surface area (TPSA) is 84.7 Å². The molecule has 3 aromatic rings. The van der Waals surface area contributed by atoms with Crippen molar-refractivity contribution in [3.05, 3.63) is 27.3 Å². The van der Waals surface area contributed by atoms with Gasteiger partial charge in [-0.25, -0.2) is 19.1 Å². The Kier molecular flexibility index (Phi) is 5.20. The van der Waals surface area contributed by atoms with Crippen LogP contribution < -0.4 is 0 Å². The summed E-state index contributed by atoms with van der Waals surface area (Å²) in [5, 5.41) is 13.8. The highest BCUT2D eigenvalue weighted by atomic mass is 79.9. The molecule has 10 heteroatoms. The molecular weight excluding hydrogens is 478 g/mol. The summed E-state index contributed by atoms with van der Waals surface area (Å²) in [6, 6.07) is -0.432. The lowest BCUT2D eigenvalue weighted by Crippen LogP contribution is -2.37. The molecule has 1 amide bonds. The Morgan fingerprint density at radius 1 is 1.28 bits per heavy atom. The van der Waals surface area contributed by atoms with E-state index in [1.807, 2.05) is 31.5 Å². The number of hydrogen-bond donors (Lipinski definition) is 1. The average Bonchev–Trinajstić information content (AvgIpc) is 3.37. The SMILES string of the molecule is CC(C)(C)OC(=O)N1CCC[C@H]1c1nc(-c2csc3c(Br)csc23)cn1C(=O)O. The summed E-state index contributed by atoms with van der Waals surface area (Å²) in [5.41, 5.74) is 0.884. The number of carbonyl (C=O) groups is 2. The predicted molar refractivity (Wildman–Crippen MR) is 117 cm³/mol. The van der Waals surface area contributed by atoms with E-state index < -0.39 is 23.8 Å². The number of carbonyl (C=O) groups excluding carboxylic acids is 1. The van der Waals surface area contributed by atoms with Crippen LogP contribution in [0.2, 0.25) is 0 Å². The fraction of sp³-hybridized carbons (Fsp3) is 0.421. The Bertz CT molecular complexity index is 1100. The zero-order chi connectivity index (χ0) is 20.9. The molecule has 1 saturated heterocycles. The van der Waals surface area contributed by atoms with Crippen LogP contribution in [0.4, 0.5) is 9.59 Å². The summed E-state index contributed by atoms with van der Waals surface area (Å²) in [6.45, 7) is 5.95. The number of amides is 1. The summed E-state index contributed by atoms with van der Waals surface area (Å²) in [6.07, 6.45) is 1.40. The van der Waals surface area contributed by atoms with E-state index in [1.54, 1.807) is 33.8 Å². The molecule has 3 aromatic heterocycles. The minimum Gasteiger partial charge on any atom is -0.464 e. The third-order valence-electron chi connectivity index (χ3n) is 4.64. The summed E-state index contributed by atoms with van der Waals surface area (Å²) >= 11 is 6.72. The quantitative estimate of drug-likeness (QED) is 0.456. The van der Waals surface area contributed by atoms with Crippen molar-refractivity contribution in [2.45, 2.75) is 45.3 Å². The van der Waals surface area contributed by atoms with Gasteiger partial charge in [-0.2, -0.15) is 0 Å². The first kappa shape index (κ1) is 20.4. The molecule has 1 atom stereocenters. The summed E-state index contributed by atoms with van der Waals surface area (Å²) < 4.78 is 9.86. The second-order valence-electron chi connectivity index (χ2n) is 7.86. The largest absolute Gasteiger partial charge is 0.464 e. The van der Waals surface area contributed by atoms with Crippen LogP contribution in [-0.4, -0.2) is 43.9 Å². The minimum atomic E-state index is -1.12. The molecule has 0 unspecified atom stereocenters. The number of nitrogens with zero attached hydrogens (tertiary/aromatic N) is 3. The van der Waals surface area contributed by atoms with Crippen molar-refractivity contribution in [3.8, 4) is 11.3 Å². The van der Waals surface area contributed by atoms with Gasteiger partial charge in [0.1, 0.15) is 11.4 Å². The lowest BCUT2D eigenvalue weighted by molar-refractivity contribution is 0.0215. The number of aromatic nitrogens is 2. The molecule has 4 heterocycles. The first-order valence-electron chi connectivity index (χ1n) is 9.12. The van der Waals surface area contributed by atoms with Crippen LogP contribution in [-0.2, 0) is 4.74 Å². The van der Waals surface area contributed by atoms with Crippen molar-refractivity contribution in [3.63, 3.8) is 0 Å². The van der Waals surface area contributed by atoms with E-state index >= 15 is 0 Å². The van der Waals surface area contributed by atoms with E-state index in [0.29, 0.717) is 24.5 Å². The van der Waals surface area contributed by atoms with Gasteiger partial charge in [0.05, 0.1) is 21.1 Å². The minimum absolute atomic E-state index is 0.353. The van der Waals surface area contributed by atoms with E-state index in [1.165, 1.54) is 0 Å². The highest BCUT2D eigenvalue weighted by Crippen LogP contribution is 2.43. The number of likely N-dealkylation sites (tertiary alicyclic amines) is 1. The molecule has 0 aliphatic carbocycles. The van der Waals surface area contributed by atoms with Crippen molar-refractivity contribution in [1.29, 1.82) is 0 Å². The molecule has 154 valence electrons. The number of rotatable bonds is 2. The smallest absolute Gasteiger partial charge is 0.417 e. The lowest BCUT2D eigenvalue weighted by atomic mass is 10.2. The Labute approximate surface area is 184 Å². The van der Waals surface area contributed by atoms with Crippen LogP contribution in [0.5, 0.6) is 0 Å². The number of fused-ring (bicyclic) bond motifs is 1. The van der Waals surface area contributed by atoms with E-state index in [0.717, 1.165) is 30.4 Å². The second-order valence-corrected chi connectivity index (χ2v) is 10.5. The number of ether oxygens (including phenoxy) is 1. The fourth-order valence-electron chi connectivity index (χ4n) is 3.46. The normalized spacial score (nSPS) is 17.2. The molecular formula is C19H20BrN3O4S2. The van der Waals surface area contributed by atoms with Gasteiger partial charge >= 0.3 is 12.2 Å². The van der Waals surface area contributed by atoms with Crippen molar-refractivity contribution in [2.24, 2.45) is 0 Å². The Morgan fingerprint density at radius 2 is 2.00 bits per heavy atom. The van der Waals surface area contributed by atoms with Crippen molar-refractivity contribution in [1.82, 2.24) is 14.5 Å². The number of thiophene rings is 2. The molecule has 0 spiro atoms. The zero-order valence-corrected chi connectivity index (χ0v) is 19.4. The number of halogens is 1. The maximum absolute atomic E-state index is 12.7. The molecule has 4 rings (SSSR count). The molecule has 0 bridgehead atoms. The van der Waals surface area contributed by atoms with Crippen LogP contribution in [0.1, 0.15) is 45.5 Å². The van der Waals surface area contributed by atoms with Gasteiger partial charge in [-0.1, -0.05) is 0 Å². The monoisotopic (exact) mass is 497 g/mol. The summed E-state index contributed by atoms with van der Waals surface area (Å²) in [7, 11) is 0. The highest BCUT2D eigenvalue weighted by molar-refractivity contribution is 9.10. The summed E-state index contributed by atoms with van der Waals surface area (Å²) in [5.74, 6) is 0.353. The van der Waals surface area contributed by atoms with Crippen LogP contribution in [0, 0.1) is 0 Å². The number of imidazole rings is 1. The standard InChI is InChI=1S/C19H20BrN3O4S2/c1-19(2,3)27-18(26)22-6-4-5-13(22)16-21-12(7-23(16)17(24)25)10-8-28-15-11(20)9-29-14(10)15/h7-9,13H,4-6H2,1-3H3,(H,24,25)/t13-/m0/s1. The molecule has 1 aliphatic rings. The summed E-state index contributed by atoms with van der Waals surface area (Å²) in [4.78, 5) is 30.8. The Hall–Kier alpha value is -1.91. The molecule has 1 fully saturated rings. The Balaban J connectivity index is 1.73. The third-order valence-corrected chi connectivity index (χ3v) is 7.98. The van der Waals surface area contributed by atoms with E-state index in [9.17, 15) is 14.7 Å². The second kappa shape index (κ2) is 7.41. The molecule has 1 aliphatic heterocycles. The molecule has 1 N–H and O–H groups in total. The lowest BCUT2D eigenvalue weighted by Gasteiger charge is -2.28. The number of carboxylic acid groups (broad SMARTS) is 1. The maximum atomic E-state index is 12.7. The average molecular weight is 498 g/mol. The fourth-order valence-corrected chi connectivity index (χ4v) is 6.49. The van der Waals surface area contributed by atoms with Crippen LogP contribution in [0.3, 0.4) is 0 Å². The van der Waals surface area contributed by atoms with E-state index in [2.05, 4.69) is 20.9 Å². The van der Waals surface area contributed by atoms with E-state index in [-0.39, 0.29) is 0 Å². The molecule has 7 nitrogen and oxygen atoms in total. The maximum Gasteiger partial charge on any atom is 0.417 e. The number of hydrogen-bond acceptors (Lipinski definition) is 6. The van der Waals surface area contributed by atoms with Crippen molar-refractivity contribution in [2.75, 3.05) is 6.54 Å². The highest BCUT2D eigenvalue weighted by Gasteiger charge is 2.37. The van der Waals surface area contributed by atoms with Gasteiger partial charge in [-0.05, 0) is 49.5 Å². The van der Waals surface area contributed by atoms with Gasteiger partial charge in [0.15, 0.2) is 0 Å². The zero-order valence-electron chi connectivity index (χ0n) is 16.1. The predicted octanol–water partition coefficient (Wildman–Crippen LogP) is 6.19. The van der Waals surface area contributed by atoms with Crippen LogP contribution in [0.25, 0.3) is 20.7 Å². The van der Waals surface area contributed by atoms with E-state index in [4.69, 9.17) is 4.74 Å². The van der Waals surface area contributed by atoms with Gasteiger partial charge in [-0.15, -0.1) is 22.7 Å². The van der Waals surface area contributed by atoms with Crippen LogP contribution in [0.15, 0.2) is 21.4 Å². The van der Waals surface area contributed by atoms with Crippen LogP contribution >= 0.6 is 38.6 Å². The van der Waals surface area contributed by atoms with Gasteiger partial charge in [0.2, 0.25) is 0 Å². The first-order chi connectivity index (χ1) is 13.7. The van der Waals surface area contributed by atoms with Crippen molar-refractivity contribution >= 4 is 60.2 Å². The van der Waals surface area contributed by atoms with Gasteiger partial charge in [0, 0.05) is 33.5 Å². The van der Waals surface area contributed by atoms with Gasteiger partial charge < -0.3 is 9.84 Å². The molecule has 29 heavy (non-hydrogen) atoms. The molecule has 0 aromatic carbocycles. The first-order valence-corrected chi connectivity index (χ1v) is 11.7.